The van der Waals surface area contributed by atoms with Gasteiger partial charge in [-0.05, 0) is 0 Å². The van der Waals surface area contributed by atoms with Crippen molar-refractivity contribution in [1.29, 1.82) is 0 Å². The number of aromatic nitrogens is 2. The number of thioether (sulfide) groups is 1. The average molecular weight is 249 g/mol. The molecule has 0 aliphatic heterocycles. The first-order valence-corrected chi connectivity index (χ1v) is 6.36. The van der Waals surface area contributed by atoms with Crippen LogP contribution in [0.4, 0.5) is 5.13 Å². The zero-order valence-corrected chi connectivity index (χ0v) is 10.5. The highest BCUT2D eigenvalue weighted by atomic mass is 32.2. The van der Waals surface area contributed by atoms with Gasteiger partial charge in [-0.3, -0.25) is 0 Å². The van der Waals surface area contributed by atoms with Crippen LogP contribution in [0.15, 0.2) is 4.34 Å². The molecule has 0 bridgehead atoms. The molecular formula is C8H15N3O2S2. The van der Waals surface area contributed by atoms with Gasteiger partial charge < -0.3 is 14.7 Å². The molecule has 0 spiro atoms. The fourth-order valence-electron chi connectivity index (χ4n) is 0.796. The Morgan fingerprint density at radius 3 is 2.80 bits per heavy atom. The van der Waals surface area contributed by atoms with Gasteiger partial charge in [0, 0.05) is 19.8 Å². The van der Waals surface area contributed by atoms with E-state index in [9.17, 15) is 0 Å². The summed E-state index contributed by atoms with van der Waals surface area (Å²) in [6, 6.07) is 0. The molecule has 7 heteroatoms. The Kier molecular flexibility index (Phi) is 5.92. The summed E-state index contributed by atoms with van der Waals surface area (Å²) in [5, 5.41) is 17.5. The summed E-state index contributed by atoms with van der Waals surface area (Å²) < 4.78 is 6.08. The van der Waals surface area contributed by atoms with Crippen LogP contribution in [0.5, 0.6) is 0 Å². The fourth-order valence-corrected chi connectivity index (χ4v) is 2.48. The maximum atomic E-state index is 8.49. The van der Waals surface area contributed by atoms with Crippen molar-refractivity contribution < 1.29 is 9.84 Å². The molecule has 0 unspecified atom stereocenters. The van der Waals surface area contributed by atoms with Crippen LogP contribution in [-0.2, 0) is 4.74 Å². The maximum Gasteiger partial charge on any atom is 0.208 e. The molecule has 0 radical (unpaired) electrons. The van der Waals surface area contributed by atoms with Crippen molar-refractivity contribution in [3.63, 3.8) is 0 Å². The van der Waals surface area contributed by atoms with Crippen LogP contribution in [0, 0.1) is 0 Å². The van der Waals surface area contributed by atoms with Gasteiger partial charge in [-0.15, -0.1) is 10.2 Å². The van der Waals surface area contributed by atoms with Gasteiger partial charge in [0.05, 0.1) is 19.8 Å². The molecule has 5 nitrogen and oxygen atoms in total. The molecule has 0 saturated heterocycles. The largest absolute Gasteiger partial charge is 0.394 e. The van der Waals surface area contributed by atoms with E-state index in [4.69, 9.17) is 9.84 Å². The molecule has 0 amide bonds. The standard InChI is InChI=1S/C8H15N3O2S2/c1-11(2)7-9-10-8(15-7)14-6-5-13-4-3-12/h12H,3-6H2,1-2H3. The molecule has 0 saturated carbocycles. The van der Waals surface area contributed by atoms with Crippen molar-refractivity contribution in [1.82, 2.24) is 10.2 Å². The third kappa shape index (κ3) is 4.78. The number of hydrogen-bond donors (Lipinski definition) is 1. The summed E-state index contributed by atoms with van der Waals surface area (Å²) in [7, 11) is 3.89. The minimum Gasteiger partial charge on any atom is -0.394 e. The molecule has 1 heterocycles. The first-order valence-electron chi connectivity index (χ1n) is 4.56. The second kappa shape index (κ2) is 7.00. The van der Waals surface area contributed by atoms with Gasteiger partial charge in [0.2, 0.25) is 5.13 Å². The summed E-state index contributed by atoms with van der Waals surface area (Å²) in [6.07, 6.45) is 0. The topological polar surface area (TPSA) is 58.5 Å². The predicted molar refractivity (Wildman–Crippen MR) is 62.9 cm³/mol. The number of anilines is 1. The third-order valence-corrected chi connectivity index (χ3v) is 3.66. The Labute approximate surface area is 97.5 Å². The lowest BCUT2D eigenvalue weighted by atomic mass is 10.7. The summed E-state index contributed by atoms with van der Waals surface area (Å²) in [4.78, 5) is 1.93. The van der Waals surface area contributed by atoms with Gasteiger partial charge >= 0.3 is 0 Å². The fraction of sp³-hybridized carbons (Fsp3) is 0.750. The van der Waals surface area contributed by atoms with Crippen molar-refractivity contribution in [2.24, 2.45) is 0 Å². The number of hydrogen-bond acceptors (Lipinski definition) is 7. The van der Waals surface area contributed by atoms with Crippen molar-refractivity contribution >= 4 is 28.2 Å². The highest BCUT2D eigenvalue weighted by Gasteiger charge is 2.05. The molecule has 0 aliphatic carbocycles. The van der Waals surface area contributed by atoms with Crippen molar-refractivity contribution in [2.75, 3.05) is 44.6 Å². The SMILES string of the molecule is CN(C)c1nnc(SCCOCCO)s1. The highest BCUT2D eigenvalue weighted by molar-refractivity contribution is 8.01. The molecule has 1 rings (SSSR count). The molecule has 0 aliphatic rings. The van der Waals surface area contributed by atoms with E-state index in [1.165, 1.54) is 0 Å². The van der Waals surface area contributed by atoms with Gasteiger partial charge in [-0.25, -0.2) is 0 Å². The lowest BCUT2D eigenvalue weighted by molar-refractivity contribution is 0.103. The van der Waals surface area contributed by atoms with E-state index in [2.05, 4.69) is 10.2 Å². The molecule has 1 aromatic rings. The minimum absolute atomic E-state index is 0.0776. The average Bonchev–Trinajstić information content (AvgIpc) is 2.66. The van der Waals surface area contributed by atoms with E-state index in [-0.39, 0.29) is 6.61 Å². The lowest BCUT2D eigenvalue weighted by Crippen LogP contribution is -2.07. The van der Waals surface area contributed by atoms with Crippen LogP contribution in [0.3, 0.4) is 0 Å². The Morgan fingerprint density at radius 2 is 2.20 bits per heavy atom. The highest BCUT2D eigenvalue weighted by Crippen LogP contribution is 2.26. The van der Waals surface area contributed by atoms with E-state index >= 15 is 0 Å². The van der Waals surface area contributed by atoms with Gasteiger partial charge in [0.25, 0.3) is 0 Å². The van der Waals surface area contributed by atoms with Gasteiger partial charge in [0.1, 0.15) is 0 Å². The third-order valence-electron chi connectivity index (χ3n) is 1.47. The number of aliphatic hydroxyl groups excluding tert-OH is 1. The second-order valence-corrected chi connectivity index (χ2v) is 5.23. The summed E-state index contributed by atoms with van der Waals surface area (Å²) in [6.45, 7) is 1.11. The van der Waals surface area contributed by atoms with Crippen molar-refractivity contribution in [3.8, 4) is 0 Å². The van der Waals surface area contributed by atoms with Crippen molar-refractivity contribution in [3.05, 3.63) is 0 Å². The van der Waals surface area contributed by atoms with Crippen LogP contribution in [0.25, 0.3) is 0 Å². The Morgan fingerprint density at radius 1 is 1.40 bits per heavy atom. The molecule has 1 N–H and O–H groups in total. The van der Waals surface area contributed by atoms with E-state index in [0.29, 0.717) is 13.2 Å². The monoisotopic (exact) mass is 249 g/mol. The summed E-state index contributed by atoms with van der Waals surface area (Å²) in [5.74, 6) is 0.835. The van der Waals surface area contributed by atoms with Crippen LogP contribution >= 0.6 is 23.1 Å². The first kappa shape index (κ1) is 12.7. The number of aliphatic hydroxyl groups is 1. The zero-order valence-electron chi connectivity index (χ0n) is 8.84. The molecule has 0 aromatic carbocycles. The Bertz CT molecular complexity index is 281. The van der Waals surface area contributed by atoms with Crippen LogP contribution in [0.1, 0.15) is 0 Å². The quantitative estimate of drug-likeness (QED) is 0.567. The van der Waals surface area contributed by atoms with Gasteiger partial charge in [0.15, 0.2) is 4.34 Å². The van der Waals surface area contributed by atoms with Crippen LogP contribution in [0.2, 0.25) is 0 Å². The van der Waals surface area contributed by atoms with Crippen LogP contribution in [-0.4, -0.2) is 55.0 Å². The second-order valence-electron chi connectivity index (χ2n) is 2.93. The molecule has 0 atom stereocenters. The van der Waals surface area contributed by atoms with Crippen LogP contribution < -0.4 is 4.90 Å². The molecule has 15 heavy (non-hydrogen) atoms. The van der Waals surface area contributed by atoms with E-state index < -0.39 is 0 Å². The van der Waals surface area contributed by atoms with E-state index in [0.717, 1.165) is 15.2 Å². The van der Waals surface area contributed by atoms with Crippen molar-refractivity contribution in [2.45, 2.75) is 4.34 Å². The van der Waals surface area contributed by atoms with Gasteiger partial charge in [-0.1, -0.05) is 23.1 Å². The Balaban J connectivity index is 2.20. The lowest BCUT2D eigenvalue weighted by Gasteiger charge is -2.03. The molecular weight excluding hydrogens is 234 g/mol. The number of ether oxygens (including phenoxy) is 1. The summed E-state index contributed by atoms with van der Waals surface area (Å²) >= 11 is 3.19. The molecule has 1 aromatic heterocycles. The molecule has 0 fully saturated rings. The minimum atomic E-state index is 0.0776. The van der Waals surface area contributed by atoms with Gasteiger partial charge in [-0.2, -0.15) is 0 Å². The number of nitrogens with zero attached hydrogens (tertiary/aromatic N) is 3. The van der Waals surface area contributed by atoms with E-state index in [1.807, 2.05) is 19.0 Å². The number of rotatable bonds is 7. The smallest absolute Gasteiger partial charge is 0.208 e. The first-order chi connectivity index (χ1) is 7.24. The molecule has 86 valence electrons. The normalized spacial score (nSPS) is 10.6. The summed E-state index contributed by atoms with van der Waals surface area (Å²) in [5.41, 5.74) is 0. The van der Waals surface area contributed by atoms with E-state index in [1.54, 1.807) is 23.1 Å². The maximum absolute atomic E-state index is 8.49. The predicted octanol–water partition coefficient (Wildman–Crippen LogP) is 0.705. The zero-order chi connectivity index (χ0) is 11.1. The Hall–Kier alpha value is -0.370.